The number of nitrogens with zero attached hydrogens (tertiary/aromatic N) is 3. The van der Waals surface area contributed by atoms with Crippen molar-refractivity contribution in [1.29, 1.82) is 0 Å². The number of fused-ring (bicyclic) bond motifs is 14. The van der Waals surface area contributed by atoms with E-state index in [4.69, 9.17) is 0 Å². The van der Waals surface area contributed by atoms with Gasteiger partial charge in [-0.05, 0) is 156 Å². The molecule has 0 radical (unpaired) electrons. The smallest absolute Gasteiger partial charge is 0.252 e. The minimum Gasteiger partial charge on any atom is -0.311 e. The van der Waals surface area contributed by atoms with Gasteiger partial charge in [0.2, 0.25) is 0 Å². The summed E-state index contributed by atoms with van der Waals surface area (Å²) in [4.78, 5) is 7.62. The lowest BCUT2D eigenvalue weighted by atomic mass is 9.33. The first-order chi connectivity index (χ1) is 35.5. The Hall–Kier alpha value is -8.34. The Labute approximate surface area is 430 Å². The number of hydrogen-bond acceptors (Lipinski definition) is 3. The summed E-state index contributed by atoms with van der Waals surface area (Å²) < 4.78 is 0. The van der Waals surface area contributed by atoms with Crippen molar-refractivity contribution in [2.45, 2.75) is 57.8 Å². The second-order valence-corrected chi connectivity index (χ2v) is 22.5. The van der Waals surface area contributed by atoms with Crippen molar-refractivity contribution in [2.24, 2.45) is 0 Å². The molecule has 2 heterocycles. The van der Waals surface area contributed by atoms with Crippen LogP contribution in [0, 0.1) is 0 Å². The molecule has 3 nitrogen and oxygen atoms in total. The fourth-order valence-electron chi connectivity index (χ4n) is 13.0. The molecule has 0 N–H and O–H groups in total. The second-order valence-electron chi connectivity index (χ2n) is 22.5. The van der Waals surface area contributed by atoms with E-state index in [1.165, 1.54) is 94.8 Å². The summed E-state index contributed by atoms with van der Waals surface area (Å²) in [6.45, 7) is 13.9. The van der Waals surface area contributed by atoms with Crippen molar-refractivity contribution in [3.05, 3.63) is 264 Å². The summed E-state index contributed by atoms with van der Waals surface area (Å²) in [6.07, 6.45) is 0. The highest BCUT2D eigenvalue weighted by molar-refractivity contribution is 7.00. The number of benzene rings is 10. The van der Waals surface area contributed by atoms with Gasteiger partial charge in [-0.25, -0.2) is 0 Å². The van der Waals surface area contributed by atoms with E-state index < -0.39 is 5.41 Å². The Morgan fingerprint density at radius 2 is 0.822 bits per heavy atom. The Balaban J connectivity index is 1.08. The van der Waals surface area contributed by atoms with Crippen LogP contribution in [0.4, 0.5) is 51.2 Å². The number of hydrogen-bond donors (Lipinski definition) is 0. The van der Waals surface area contributed by atoms with Crippen LogP contribution in [-0.2, 0) is 16.2 Å². The highest BCUT2D eigenvalue weighted by atomic mass is 15.2. The summed E-state index contributed by atoms with van der Waals surface area (Å²) in [5.41, 5.74) is 27.0. The zero-order valence-electron chi connectivity index (χ0n) is 42.4. The monoisotopic (exact) mass is 937 g/mol. The van der Waals surface area contributed by atoms with Gasteiger partial charge in [0.05, 0.1) is 11.1 Å². The predicted molar refractivity (Wildman–Crippen MR) is 309 cm³/mol. The van der Waals surface area contributed by atoms with E-state index in [2.05, 4.69) is 287 Å². The van der Waals surface area contributed by atoms with Gasteiger partial charge < -0.3 is 14.7 Å². The van der Waals surface area contributed by atoms with E-state index in [1.54, 1.807) is 0 Å². The Kier molecular flexibility index (Phi) is 9.42. The van der Waals surface area contributed by atoms with Gasteiger partial charge in [0.1, 0.15) is 0 Å². The van der Waals surface area contributed by atoms with Gasteiger partial charge >= 0.3 is 0 Å². The third-order valence-electron chi connectivity index (χ3n) is 16.3. The maximum absolute atomic E-state index is 2.59. The van der Waals surface area contributed by atoms with Crippen molar-refractivity contribution < 1.29 is 0 Å². The first kappa shape index (κ1) is 43.5. The summed E-state index contributed by atoms with van der Waals surface area (Å²) >= 11 is 0. The highest BCUT2D eigenvalue weighted by Crippen LogP contribution is 2.63. The van der Waals surface area contributed by atoms with Crippen molar-refractivity contribution in [3.63, 3.8) is 0 Å². The summed E-state index contributed by atoms with van der Waals surface area (Å²) in [7, 11) is 0. The molecule has 0 saturated heterocycles. The van der Waals surface area contributed by atoms with E-state index in [9.17, 15) is 0 Å². The van der Waals surface area contributed by atoms with Crippen LogP contribution in [0.5, 0.6) is 0 Å². The Morgan fingerprint density at radius 1 is 0.342 bits per heavy atom. The van der Waals surface area contributed by atoms with Crippen molar-refractivity contribution in [3.8, 4) is 22.3 Å². The molecule has 350 valence electrons. The molecule has 4 heteroatoms. The zero-order chi connectivity index (χ0) is 49.4. The maximum atomic E-state index is 2.59. The molecule has 10 aromatic rings. The third kappa shape index (κ3) is 6.32. The molecule has 0 unspecified atom stereocenters. The number of anilines is 9. The second kappa shape index (κ2) is 15.8. The molecule has 0 aromatic heterocycles. The molecule has 10 aromatic carbocycles. The Bertz CT molecular complexity index is 3780. The topological polar surface area (TPSA) is 9.72 Å². The average molecular weight is 938 g/mol. The first-order valence-electron chi connectivity index (χ1n) is 26.0. The molecular weight excluding hydrogens is 882 g/mol. The number of para-hydroxylation sites is 3. The summed E-state index contributed by atoms with van der Waals surface area (Å²) in [5, 5.41) is 0. The third-order valence-corrected chi connectivity index (χ3v) is 16.3. The minimum absolute atomic E-state index is 0.0237. The molecule has 2 aliphatic carbocycles. The SMILES string of the molecule is CC(C)(C)c1cccc(N2c3cc(C(C)(C)C)ccc3B3c4ccccc4N(c4ccc5c(c4)-c4ccccc4C54c5ccccc5-c5ccccc54)c4cc(N(c5ccccc5)c5ccccc5)cc2c43)c1. The van der Waals surface area contributed by atoms with Crippen LogP contribution < -0.4 is 31.1 Å². The van der Waals surface area contributed by atoms with Crippen LogP contribution in [0.1, 0.15) is 74.9 Å². The fraction of sp³-hybridized carbons (Fsp3) is 0.130. The zero-order valence-corrected chi connectivity index (χ0v) is 42.4. The average Bonchev–Trinajstić information content (AvgIpc) is 3.89. The van der Waals surface area contributed by atoms with Gasteiger partial charge in [0.25, 0.3) is 6.71 Å². The highest BCUT2D eigenvalue weighted by Gasteiger charge is 2.52. The van der Waals surface area contributed by atoms with Crippen LogP contribution in [-0.4, -0.2) is 6.71 Å². The standard InChI is InChI=1S/C69H56BN3/c1-67(2,3)45-22-21-27-49(40-45)73-63-41-46(68(4,5)6)36-39-61(63)70-60-34-19-20-35-62(60)72(64-43-51(44-65(73)66(64)70)71(47-23-9-7-10-24-47)48-25-11-8-12-26-48)50-37-38-59-55(42-50)54-30-15-18-33-58(54)69(59)56-31-16-13-28-52(56)53-29-14-17-32-57(53)69/h7-44H,1-6H3. The van der Waals surface area contributed by atoms with Crippen molar-refractivity contribution >= 4 is 74.3 Å². The molecule has 2 aliphatic heterocycles. The van der Waals surface area contributed by atoms with Crippen LogP contribution in [0.2, 0.25) is 0 Å². The fourth-order valence-corrected chi connectivity index (χ4v) is 13.0. The van der Waals surface area contributed by atoms with E-state index >= 15 is 0 Å². The van der Waals surface area contributed by atoms with Gasteiger partial charge in [0.15, 0.2) is 0 Å². The summed E-state index contributed by atoms with van der Waals surface area (Å²) in [6, 6.07) is 87.2. The molecule has 1 spiro atoms. The quantitative estimate of drug-likeness (QED) is 0.159. The maximum Gasteiger partial charge on any atom is 0.252 e. The van der Waals surface area contributed by atoms with Crippen LogP contribution in [0.15, 0.2) is 231 Å². The van der Waals surface area contributed by atoms with E-state index in [1.807, 2.05) is 0 Å². The largest absolute Gasteiger partial charge is 0.311 e. The lowest BCUT2D eigenvalue weighted by molar-refractivity contribution is 0.590. The van der Waals surface area contributed by atoms with E-state index in [0.717, 1.165) is 28.4 Å². The molecule has 73 heavy (non-hydrogen) atoms. The van der Waals surface area contributed by atoms with Crippen molar-refractivity contribution in [2.75, 3.05) is 14.7 Å². The molecule has 0 amide bonds. The molecule has 0 bridgehead atoms. The van der Waals surface area contributed by atoms with E-state index in [-0.39, 0.29) is 17.5 Å². The van der Waals surface area contributed by atoms with Crippen LogP contribution in [0.3, 0.4) is 0 Å². The van der Waals surface area contributed by atoms with Gasteiger partial charge in [-0.2, -0.15) is 0 Å². The minimum atomic E-state index is -0.425. The summed E-state index contributed by atoms with van der Waals surface area (Å²) in [5.74, 6) is 0. The normalized spacial score (nSPS) is 14.2. The molecular formula is C69H56BN3. The molecule has 0 saturated carbocycles. The van der Waals surface area contributed by atoms with Gasteiger partial charge in [-0.3, -0.25) is 0 Å². The lowest BCUT2D eigenvalue weighted by Gasteiger charge is -2.45. The lowest BCUT2D eigenvalue weighted by Crippen LogP contribution is -2.61. The van der Waals surface area contributed by atoms with Gasteiger partial charge in [-0.1, -0.05) is 199 Å². The van der Waals surface area contributed by atoms with Crippen molar-refractivity contribution in [1.82, 2.24) is 0 Å². The van der Waals surface area contributed by atoms with Crippen LogP contribution in [0.25, 0.3) is 22.3 Å². The Morgan fingerprint density at radius 3 is 1.42 bits per heavy atom. The first-order valence-corrected chi connectivity index (χ1v) is 26.0. The van der Waals surface area contributed by atoms with Gasteiger partial charge in [0, 0.05) is 45.5 Å². The molecule has 0 atom stereocenters. The van der Waals surface area contributed by atoms with Crippen LogP contribution >= 0.6 is 0 Å². The van der Waals surface area contributed by atoms with Gasteiger partial charge in [-0.15, -0.1) is 0 Å². The molecule has 0 fully saturated rings. The molecule has 14 rings (SSSR count). The number of rotatable bonds is 5. The van der Waals surface area contributed by atoms with E-state index in [0.29, 0.717) is 0 Å². The predicted octanol–water partition coefficient (Wildman–Crippen LogP) is 16.2. The molecule has 4 aliphatic rings.